The molecule has 0 saturated carbocycles. The summed E-state index contributed by atoms with van der Waals surface area (Å²) >= 11 is 0. The molecule has 0 unspecified atom stereocenters. The number of carbonyl (C=O) groups excluding carboxylic acids is 1. The molecule has 1 aromatic heterocycles. The molecule has 1 rings (SSSR count). The van der Waals surface area contributed by atoms with Gasteiger partial charge in [0.25, 0.3) is 0 Å². The van der Waals surface area contributed by atoms with Gasteiger partial charge in [0.2, 0.25) is 0 Å². The van der Waals surface area contributed by atoms with Crippen molar-refractivity contribution in [3.8, 4) is 0 Å². The highest BCUT2D eigenvalue weighted by Crippen LogP contribution is 2.17. The quantitative estimate of drug-likeness (QED) is 0.593. The lowest BCUT2D eigenvalue weighted by atomic mass is 9.90. The smallest absolute Gasteiger partial charge is 0.164 e. The van der Waals surface area contributed by atoms with Crippen molar-refractivity contribution in [2.24, 2.45) is 5.41 Å². The van der Waals surface area contributed by atoms with Crippen LogP contribution in [-0.2, 0) is 4.79 Å². The van der Waals surface area contributed by atoms with Gasteiger partial charge in [0.15, 0.2) is 5.78 Å². The summed E-state index contributed by atoms with van der Waals surface area (Å²) in [5.74, 6) is -0.268. The van der Waals surface area contributed by atoms with Crippen molar-refractivity contribution in [3.63, 3.8) is 0 Å². The Hall–Kier alpha value is -1.71. The molecule has 0 fully saturated rings. The van der Waals surface area contributed by atoms with Gasteiger partial charge in [-0.2, -0.15) is 0 Å². The van der Waals surface area contributed by atoms with Crippen molar-refractivity contribution in [2.45, 2.75) is 20.8 Å². The van der Waals surface area contributed by atoms with Gasteiger partial charge in [-0.25, -0.2) is 9.97 Å². The van der Waals surface area contributed by atoms with E-state index in [9.17, 15) is 9.90 Å². The molecule has 0 amide bonds. The second kappa shape index (κ2) is 4.21. The van der Waals surface area contributed by atoms with Crippen LogP contribution in [0, 0.1) is 5.41 Å². The zero-order valence-electron chi connectivity index (χ0n) is 9.06. The molecule has 4 heteroatoms. The van der Waals surface area contributed by atoms with E-state index in [-0.39, 0.29) is 11.5 Å². The number of carbonyl (C=O) groups is 1. The van der Waals surface area contributed by atoms with E-state index in [0.29, 0.717) is 5.69 Å². The molecule has 0 saturated heterocycles. The fraction of sp³-hybridized carbons (Fsp3) is 0.364. The number of hydrogen-bond acceptors (Lipinski definition) is 4. The average molecular weight is 206 g/mol. The Morgan fingerprint density at radius 2 is 2.13 bits per heavy atom. The van der Waals surface area contributed by atoms with Gasteiger partial charge in [-0.3, -0.25) is 4.79 Å². The lowest BCUT2D eigenvalue weighted by Gasteiger charge is -2.13. The highest BCUT2D eigenvalue weighted by atomic mass is 16.3. The zero-order chi connectivity index (χ0) is 11.5. The van der Waals surface area contributed by atoms with Crippen LogP contribution in [0.4, 0.5) is 0 Å². The van der Waals surface area contributed by atoms with Gasteiger partial charge >= 0.3 is 0 Å². The third-order valence-electron chi connectivity index (χ3n) is 1.85. The molecule has 0 aliphatic carbocycles. The van der Waals surface area contributed by atoms with Gasteiger partial charge in [0.05, 0.1) is 0 Å². The van der Waals surface area contributed by atoms with Crippen molar-refractivity contribution in [3.05, 3.63) is 30.4 Å². The van der Waals surface area contributed by atoms with Crippen LogP contribution in [0.1, 0.15) is 26.5 Å². The van der Waals surface area contributed by atoms with Gasteiger partial charge in [-0.05, 0) is 6.07 Å². The molecule has 4 nitrogen and oxygen atoms in total. The third kappa shape index (κ3) is 3.16. The summed E-state index contributed by atoms with van der Waals surface area (Å²) in [6, 6.07) is 1.54. The summed E-state index contributed by atoms with van der Waals surface area (Å²) in [5, 5.41) is 9.60. The standard InChI is InChI=1S/C11H14N2O2/c1-11(2,3)10(15)6-9(14)8-4-5-12-7-13-8/h4-7,14H,1-3H3. The Morgan fingerprint density at radius 3 is 2.60 bits per heavy atom. The summed E-state index contributed by atoms with van der Waals surface area (Å²) < 4.78 is 0. The summed E-state index contributed by atoms with van der Waals surface area (Å²) in [6.07, 6.45) is 4.03. The Labute approximate surface area is 88.7 Å². The molecule has 0 aliphatic heterocycles. The predicted octanol–water partition coefficient (Wildman–Crippen LogP) is 1.99. The molecular weight excluding hydrogens is 192 g/mol. The minimum absolute atomic E-state index is 0.127. The Bertz CT molecular complexity index is 377. The topological polar surface area (TPSA) is 63.1 Å². The number of aliphatic hydroxyl groups excluding tert-OH is 1. The van der Waals surface area contributed by atoms with E-state index in [1.54, 1.807) is 26.8 Å². The Morgan fingerprint density at radius 1 is 1.47 bits per heavy atom. The molecule has 80 valence electrons. The molecule has 0 aliphatic rings. The normalized spacial score (nSPS) is 12.6. The van der Waals surface area contributed by atoms with E-state index >= 15 is 0 Å². The minimum atomic E-state index is -0.499. The first-order valence-electron chi connectivity index (χ1n) is 4.63. The first-order valence-corrected chi connectivity index (χ1v) is 4.63. The fourth-order valence-electron chi connectivity index (χ4n) is 0.857. The average Bonchev–Trinajstić information content (AvgIpc) is 2.17. The highest BCUT2D eigenvalue weighted by Gasteiger charge is 2.19. The molecule has 1 aromatic rings. The highest BCUT2D eigenvalue weighted by molar-refractivity contribution is 5.98. The van der Waals surface area contributed by atoms with Crippen LogP contribution >= 0.6 is 0 Å². The maximum Gasteiger partial charge on any atom is 0.164 e. The van der Waals surface area contributed by atoms with Crippen LogP contribution in [0.2, 0.25) is 0 Å². The zero-order valence-corrected chi connectivity index (χ0v) is 9.06. The van der Waals surface area contributed by atoms with Gasteiger partial charge in [0.1, 0.15) is 17.8 Å². The maximum absolute atomic E-state index is 11.6. The Balaban J connectivity index is 2.91. The van der Waals surface area contributed by atoms with Gasteiger partial charge in [0, 0.05) is 17.7 Å². The van der Waals surface area contributed by atoms with Gasteiger partial charge in [-0.1, -0.05) is 20.8 Å². The predicted molar refractivity (Wildman–Crippen MR) is 57.1 cm³/mol. The van der Waals surface area contributed by atoms with Crippen LogP contribution in [0.15, 0.2) is 24.7 Å². The second-order valence-corrected chi connectivity index (χ2v) is 4.24. The maximum atomic E-state index is 11.6. The van der Waals surface area contributed by atoms with Crippen molar-refractivity contribution in [1.82, 2.24) is 9.97 Å². The number of ketones is 1. The Kier molecular flexibility index (Phi) is 3.19. The third-order valence-corrected chi connectivity index (χ3v) is 1.85. The summed E-state index contributed by atoms with van der Waals surface area (Å²) in [6.45, 7) is 5.37. The molecule has 0 spiro atoms. The molecule has 0 aromatic carbocycles. The van der Waals surface area contributed by atoms with E-state index in [2.05, 4.69) is 9.97 Å². The molecule has 0 radical (unpaired) electrons. The molecule has 1 heterocycles. The van der Waals surface area contributed by atoms with E-state index in [1.807, 2.05) is 0 Å². The molecular formula is C11H14N2O2. The number of allylic oxidation sites excluding steroid dienone is 1. The van der Waals surface area contributed by atoms with E-state index in [1.165, 1.54) is 18.6 Å². The van der Waals surface area contributed by atoms with E-state index in [0.717, 1.165) is 0 Å². The summed E-state index contributed by atoms with van der Waals surface area (Å²) in [4.78, 5) is 19.1. The van der Waals surface area contributed by atoms with Crippen LogP contribution in [0.3, 0.4) is 0 Å². The molecule has 0 atom stereocenters. The number of nitrogens with zero attached hydrogens (tertiary/aromatic N) is 2. The monoisotopic (exact) mass is 206 g/mol. The number of aromatic nitrogens is 2. The fourth-order valence-corrected chi connectivity index (χ4v) is 0.857. The van der Waals surface area contributed by atoms with Gasteiger partial charge in [-0.15, -0.1) is 0 Å². The first kappa shape index (κ1) is 11.4. The number of hydrogen-bond donors (Lipinski definition) is 1. The molecule has 1 N–H and O–H groups in total. The lowest BCUT2D eigenvalue weighted by Crippen LogP contribution is -2.17. The van der Waals surface area contributed by atoms with Crippen LogP contribution in [0.5, 0.6) is 0 Å². The van der Waals surface area contributed by atoms with E-state index in [4.69, 9.17) is 0 Å². The van der Waals surface area contributed by atoms with Crippen molar-refractivity contribution >= 4 is 11.5 Å². The summed E-state index contributed by atoms with van der Waals surface area (Å²) in [5.41, 5.74) is -0.149. The van der Waals surface area contributed by atoms with Crippen molar-refractivity contribution < 1.29 is 9.90 Å². The first-order chi connectivity index (χ1) is 6.91. The SMILES string of the molecule is CC(C)(C)C(=O)C=C(O)c1ccncn1. The van der Waals surface area contributed by atoms with Gasteiger partial charge < -0.3 is 5.11 Å². The largest absolute Gasteiger partial charge is 0.506 e. The number of aliphatic hydroxyl groups is 1. The van der Waals surface area contributed by atoms with Crippen molar-refractivity contribution in [1.29, 1.82) is 0 Å². The minimum Gasteiger partial charge on any atom is -0.506 e. The number of rotatable bonds is 2. The lowest BCUT2D eigenvalue weighted by molar-refractivity contribution is -0.121. The van der Waals surface area contributed by atoms with Crippen molar-refractivity contribution in [2.75, 3.05) is 0 Å². The second-order valence-electron chi connectivity index (χ2n) is 4.24. The molecule has 15 heavy (non-hydrogen) atoms. The molecule has 0 bridgehead atoms. The van der Waals surface area contributed by atoms with E-state index < -0.39 is 5.41 Å². The van der Waals surface area contributed by atoms with Crippen LogP contribution in [-0.4, -0.2) is 20.9 Å². The van der Waals surface area contributed by atoms with Crippen LogP contribution < -0.4 is 0 Å². The van der Waals surface area contributed by atoms with Crippen LogP contribution in [0.25, 0.3) is 5.76 Å². The summed E-state index contributed by atoms with van der Waals surface area (Å²) in [7, 11) is 0.